The Bertz CT molecular complexity index is 371. The van der Waals surface area contributed by atoms with Crippen LogP contribution in [0.5, 0.6) is 0 Å². The quantitative estimate of drug-likeness (QED) is 0.290. The average Bonchev–Trinajstić information content (AvgIpc) is 2.64. The molecule has 0 saturated carbocycles. The van der Waals surface area contributed by atoms with Crippen LogP contribution in [-0.4, -0.2) is 73.8 Å². The van der Waals surface area contributed by atoms with Gasteiger partial charge in [-0.25, -0.2) is 0 Å². The molecule has 0 aromatic rings. The molecule has 152 valence electrons. The van der Waals surface area contributed by atoms with Crippen molar-refractivity contribution in [1.29, 1.82) is 0 Å². The number of carbonyl (C=O) groups excluding carboxylic acids is 3. The van der Waals surface area contributed by atoms with Crippen LogP contribution in [0.25, 0.3) is 0 Å². The smallest absolute Gasteiger partial charge is 0.306 e. The predicted molar refractivity (Wildman–Crippen MR) is 110 cm³/mol. The van der Waals surface area contributed by atoms with E-state index in [0.717, 1.165) is 0 Å². The molecule has 0 aliphatic rings. The molecular formula is C17H30O6S3. The van der Waals surface area contributed by atoms with Crippen molar-refractivity contribution in [3.8, 4) is 0 Å². The van der Waals surface area contributed by atoms with Gasteiger partial charge in [-0.15, -0.1) is 0 Å². The fourth-order valence-electron chi connectivity index (χ4n) is 1.66. The van der Waals surface area contributed by atoms with E-state index in [2.05, 4.69) is 0 Å². The number of ether oxygens (including phenoxy) is 3. The van der Waals surface area contributed by atoms with Gasteiger partial charge in [0.2, 0.25) is 0 Å². The topological polar surface area (TPSA) is 78.9 Å². The first-order valence-electron chi connectivity index (χ1n) is 8.30. The summed E-state index contributed by atoms with van der Waals surface area (Å²) < 4.78 is 15.9. The van der Waals surface area contributed by atoms with Crippen LogP contribution < -0.4 is 0 Å². The Morgan fingerprint density at radius 3 is 1.15 bits per heavy atom. The summed E-state index contributed by atoms with van der Waals surface area (Å²) in [6.45, 7) is 1.88. The molecule has 6 nitrogen and oxygen atoms in total. The number of esters is 3. The summed E-state index contributed by atoms with van der Waals surface area (Å²) in [5.41, 5.74) is -0.765. The van der Waals surface area contributed by atoms with E-state index in [4.69, 9.17) is 14.2 Å². The average molecular weight is 427 g/mol. The Hall–Kier alpha value is -0.540. The molecule has 0 amide bonds. The largest absolute Gasteiger partial charge is 0.465 e. The Morgan fingerprint density at radius 1 is 0.654 bits per heavy atom. The van der Waals surface area contributed by atoms with Gasteiger partial charge in [-0.1, -0.05) is 0 Å². The number of hydrogen-bond acceptors (Lipinski definition) is 9. The zero-order valence-corrected chi connectivity index (χ0v) is 18.5. The zero-order chi connectivity index (χ0) is 19.8. The molecular weight excluding hydrogens is 396 g/mol. The molecule has 0 heterocycles. The summed E-state index contributed by atoms with van der Waals surface area (Å²) >= 11 is 4.69. The molecule has 0 fully saturated rings. The summed E-state index contributed by atoms with van der Waals surface area (Å²) in [6, 6.07) is 0. The monoisotopic (exact) mass is 426 g/mol. The van der Waals surface area contributed by atoms with Crippen molar-refractivity contribution in [2.75, 3.05) is 55.8 Å². The maximum Gasteiger partial charge on any atom is 0.306 e. The van der Waals surface area contributed by atoms with E-state index in [1.807, 2.05) is 18.8 Å². The molecule has 0 aliphatic carbocycles. The maximum absolute atomic E-state index is 11.8. The second-order valence-electron chi connectivity index (χ2n) is 6.02. The minimum atomic E-state index is -0.765. The van der Waals surface area contributed by atoms with Gasteiger partial charge in [-0.05, 0) is 25.7 Å². The van der Waals surface area contributed by atoms with Crippen molar-refractivity contribution < 1.29 is 28.6 Å². The molecule has 0 unspecified atom stereocenters. The Labute approximate surface area is 169 Å². The van der Waals surface area contributed by atoms with Crippen molar-refractivity contribution in [3.63, 3.8) is 0 Å². The van der Waals surface area contributed by atoms with Gasteiger partial charge in [0, 0.05) is 17.3 Å². The highest BCUT2D eigenvalue weighted by atomic mass is 32.2. The van der Waals surface area contributed by atoms with Gasteiger partial charge in [-0.3, -0.25) is 14.4 Å². The molecule has 0 aliphatic heterocycles. The van der Waals surface area contributed by atoms with Crippen molar-refractivity contribution in [3.05, 3.63) is 0 Å². The fraction of sp³-hybridized carbons (Fsp3) is 0.824. The van der Waals surface area contributed by atoms with Gasteiger partial charge < -0.3 is 14.2 Å². The van der Waals surface area contributed by atoms with Crippen LogP contribution in [0.2, 0.25) is 0 Å². The summed E-state index contributed by atoms with van der Waals surface area (Å²) in [7, 11) is 0. The first kappa shape index (κ1) is 25.5. The number of thioether (sulfide) groups is 3. The van der Waals surface area contributed by atoms with E-state index in [1.54, 1.807) is 42.2 Å². The first-order chi connectivity index (χ1) is 12.4. The van der Waals surface area contributed by atoms with Crippen LogP contribution in [0.15, 0.2) is 0 Å². The van der Waals surface area contributed by atoms with Gasteiger partial charge in [0.1, 0.15) is 19.8 Å². The Balaban J connectivity index is 4.60. The molecule has 0 atom stereocenters. The summed E-state index contributed by atoms with van der Waals surface area (Å²) in [5, 5.41) is 0. The molecule has 26 heavy (non-hydrogen) atoms. The molecule has 0 saturated heterocycles. The van der Waals surface area contributed by atoms with Gasteiger partial charge in [-0.2, -0.15) is 35.3 Å². The SMILES string of the molecule is CSCCC(=O)OCC(C)(COC(=O)CCSC)COC(=O)CCSC. The molecule has 0 N–H and O–H groups in total. The normalized spacial score (nSPS) is 11.1. The van der Waals surface area contributed by atoms with E-state index in [0.29, 0.717) is 36.5 Å². The second kappa shape index (κ2) is 15.5. The minimum Gasteiger partial charge on any atom is -0.465 e. The van der Waals surface area contributed by atoms with Crippen LogP contribution in [0.4, 0.5) is 0 Å². The molecule has 0 spiro atoms. The summed E-state index contributed by atoms with van der Waals surface area (Å²) in [4.78, 5) is 35.3. The zero-order valence-electron chi connectivity index (χ0n) is 16.0. The molecule has 0 aromatic heterocycles. The molecule has 0 aromatic carbocycles. The second-order valence-corrected chi connectivity index (χ2v) is 8.98. The number of hydrogen-bond donors (Lipinski definition) is 0. The Kier molecular flexibility index (Phi) is 15.2. The van der Waals surface area contributed by atoms with E-state index >= 15 is 0 Å². The van der Waals surface area contributed by atoms with E-state index in [9.17, 15) is 14.4 Å². The van der Waals surface area contributed by atoms with Crippen molar-refractivity contribution in [1.82, 2.24) is 0 Å². The van der Waals surface area contributed by atoms with Crippen molar-refractivity contribution in [2.45, 2.75) is 26.2 Å². The lowest BCUT2D eigenvalue weighted by atomic mass is 9.94. The summed E-state index contributed by atoms with van der Waals surface area (Å²) in [5.74, 6) is 1.11. The molecule has 9 heteroatoms. The third-order valence-electron chi connectivity index (χ3n) is 3.28. The lowest BCUT2D eigenvalue weighted by molar-refractivity contribution is -0.160. The number of rotatable bonds is 15. The van der Waals surface area contributed by atoms with Crippen LogP contribution in [0.3, 0.4) is 0 Å². The van der Waals surface area contributed by atoms with Crippen molar-refractivity contribution >= 4 is 53.2 Å². The highest BCUT2D eigenvalue weighted by Crippen LogP contribution is 2.20. The summed E-state index contributed by atoms with van der Waals surface area (Å²) in [6.07, 6.45) is 6.70. The van der Waals surface area contributed by atoms with Crippen LogP contribution >= 0.6 is 35.3 Å². The molecule has 0 bridgehead atoms. The van der Waals surface area contributed by atoms with Crippen LogP contribution in [0.1, 0.15) is 26.2 Å². The lowest BCUT2D eigenvalue weighted by Gasteiger charge is -2.28. The Morgan fingerprint density at radius 2 is 0.923 bits per heavy atom. The van der Waals surface area contributed by atoms with E-state index in [1.165, 1.54) is 0 Å². The fourth-order valence-corrected chi connectivity index (χ4v) is 2.77. The van der Waals surface area contributed by atoms with Crippen LogP contribution in [0, 0.1) is 5.41 Å². The molecule has 0 rings (SSSR count). The standard InChI is InChI=1S/C17H30O6S3/c1-17(11-21-14(18)5-8-24-2,12-22-15(19)6-9-25-3)13-23-16(20)7-10-26-4/h5-13H2,1-4H3. The minimum absolute atomic E-state index is 0.0336. The van der Waals surface area contributed by atoms with Crippen molar-refractivity contribution in [2.24, 2.45) is 5.41 Å². The highest BCUT2D eigenvalue weighted by molar-refractivity contribution is 7.99. The van der Waals surface area contributed by atoms with E-state index in [-0.39, 0.29) is 37.7 Å². The maximum atomic E-state index is 11.8. The lowest BCUT2D eigenvalue weighted by Crippen LogP contribution is -2.37. The van der Waals surface area contributed by atoms with Gasteiger partial charge in [0.15, 0.2) is 0 Å². The van der Waals surface area contributed by atoms with Gasteiger partial charge in [0.05, 0.1) is 24.7 Å². The first-order valence-corrected chi connectivity index (χ1v) is 12.5. The third kappa shape index (κ3) is 13.6. The van der Waals surface area contributed by atoms with Gasteiger partial charge >= 0.3 is 17.9 Å². The molecule has 0 radical (unpaired) electrons. The number of carbonyl (C=O) groups is 3. The van der Waals surface area contributed by atoms with Gasteiger partial charge in [0.25, 0.3) is 0 Å². The highest BCUT2D eigenvalue weighted by Gasteiger charge is 2.30. The third-order valence-corrected chi connectivity index (χ3v) is 5.11. The predicted octanol–water partition coefficient (Wildman–Crippen LogP) is 2.88. The van der Waals surface area contributed by atoms with Crippen LogP contribution in [-0.2, 0) is 28.6 Å². The van der Waals surface area contributed by atoms with E-state index < -0.39 is 5.41 Å².